The minimum absolute atomic E-state index is 0.00958. The lowest BCUT2D eigenvalue weighted by Crippen LogP contribution is -2.29. The number of thiocarbonyl (C=S) groups is 1. The van der Waals surface area contributed by atoms with E-state index < -0.39 is 0 Å². The molecule has 2 aromatic heterocycles. The molecule has 1 aliphatic heterocycles. The average molecular weight is 407 g/mol. The van der Waals surface area contributed by atoms with E-state index in [1.807, 2.05) is 37.4 Å². The van der Waals surface area contributed by atoms with E-state index in [1.165, 1.54) is 5.56 Å². The van der Waals surface area contributed by atoms with Gasteiger partial charge in [0.2, 0.25) is 0 Å². The topological polar surface area (TPSA) is 42.3 Å². The summed E-state index contributed by atoms with van der Waals surface area (Å²) in [5.41, 5.74) is 3.22. The number of hydrogen-bond acceptors (Lipinski definition) is 3. The average Bonchev–Trinajstić information content (AvgIpc) is 3.34. The maximum absolute atomic E-state index is 5.77. The van der Waals surface area contributed by atoms with Gasteiger partial charge in [0.1, 0.15) is 5.75 Å². The van der Waals surface area contributed by atoms with E-state index in [0.29, 0.717) is 17.8 Å². The van der Waals surface area contributed by atoms with Crippen molar-refractivity contribution >= 4 is 23.0 Å². The monoisotopic (exact) mass is 406 g/mol. The smallest absolute Gasteiger partial charge is 0.174 e. The number of hydrogen-bond donors (Lipinski definition) is 1. The van der Waals surface area contributed by atoms with Gasteiger partial charge < -0.3 is 19.5 Å². The number of pyridine rings is 1. The lowest BCUT2D eigenvalue weighted by molar-refractivity contribution is 0.340. The molecule has 0 spiro atoms. The molecular formula is C23H26N4OS. The maximum Gasteiger partial charge on any atom is 0.174 e. The molecule has 5 nitrogen and oxygen atoms in total. The Morgan fingerprint density at radius 3 is 2.55 bits per heavy atom. The number of benzene rings is 1. The number of anilines is 1. The van der Waals surface area contributed by atoms with Crippen LogP contribution in [-0.2, 0) is 0 Å². The first kappa shape index (κ1) is 19.5. The minimum atomic E-state index is -0.0294. The number of nitrogens with zero attached hydrogens (tertiary/aromatic N) is 3. The summed E-state index contributed by atoms with van der Waals surface area (Å²) < 4.78 is 7.83. The first-order chi connectivity index (χ1) is 14.1. The van der Waals surface area contributed by atoms with Crippen molar-refractivity contribution in [3.63, 3.8) is 0 Å². The highest BCUT2D eigenvalue weighted by molar-refractivity contribution is 7.80. The van der Waals surface area contributed by atoms with E-state index in [-0.39, 0.29) is 12.1 Å². The van der Waals surface area contributed by atoms with Crippen LogP contribution in [0.1, 0.15) is 50.2 Å². The molecule has 3 aromatic rings. The molecule has 0 amide bonds. The van der Waals surface area contributed by atoms with Crippen LogP contribution in [0.3, 0.4) is 0 Å². The number of rotatable bonds is 6. The molecule has 1 fully saturated rings. The Kier molecular flexibility index (Phi) is 5.53. The quantitative estimate of drug-likeness (QED) is 0.581. The fourth-order valence-corrected chi connectivity index (χ4v) is 4.11. The molecule has 0 saturated carbocycles. The second kappa shape index (κ2) is 8.25. The first-order valence-corrected chi connectivity index (χ1v) is 10.4. The molecule has 0 aliphatic carbocycles. The predicted octanol–water partition coefficient (Wildman–Crippen LogP) is 5.04. The summed E-state index contributed by atoms with van der Waals surface area (Å²) in [5.74, 6) is 0.859. The summed E-state index contributed by atoms with van der Waals surface area (Å²) >= 11 is 5.77. The molecule has 0 radical (unpaired) electrons. The van der Waals surface area contributed by atoms with Crippen LogP contribution in [0.2, 0.25) is 0 Å². The predicted molar refractivity (Wildman–Crippen MR) is 120 cm³/mol. The lowest BCUT2D eigenvalue weighted by Gasteiger charge is -2.27. The molecule has 1 N–H and O–H groups in total. The van der Waals surface area contributed by atoms with Crippen LogP contribution in [0.15, 0.2) is 67.1 Å². The number of aromatic nitrogens is 2. The van der Waals surface area contributed by atoms with Gasteiger partial charge >= 0.3 is 0 Å². The fourth-order valence-electron chi connectivity index (χ4n) is 3.77. The van der Waals surface area contributed by atoms with Crippen molar-refractivity contribution in [1.29, 1.82) is 0 Å². The van der Waals surface area contributed by atoms with Gasteiger partial charge in [0.25, 0.3) is 0 Å². The lowest BCUT2D eigenvalue weighted by atomic mass is 9.98. The summed E-state index contributed by atoms with van der Waals surface area (Å²) in [4.78, 5) is 6.79. The van der Waals surface area contributed by atoms with Crippen LogP contribution in [0, 0.1) is 0 Å². The number of nitrogens with one attached hydrogen (secondary N) is 1. The zero-order valence-electron chi connectivity index (χ0n) is 16.9. The van der Waals surface area contributed by atoms with Gasteiger partial charge in [-0.05, 0) is 81.0 Å². The summed E-state index contributed by atoms with van der Waals surface area (Å²) in [6.07, 6.45) is 6.17. The van der Waals surface area contributed by atoms with Crippen LogP contribution >= 0.6 is 12.2 Å². The van der Waals surface area contributed by atoms with Crippen LogP contribution in [0.25, 0.3) is 0 Å². The number of ether oxygens (including phenoxy) is 1. The van der Waals surface area contributed by atoms with E-state index in [1.54, 1.807) is 0 Å². The molecule has 1 saturated heterocycles. The summed E-state index contributed by atoms with van der Waals surface area (Å²) in [6.45, 7) is 7.00. The van der Waals surface area contributed by atoms with Gasteiger partial charge in [0.05, 0.1) is 24.4 Å². The van der Waals surface area contributed by atoms with Gasteiger partial charge in [-0.1, -0.05) is 6.07 Å². The Hall–Kier alpha value is -2.86. The Balaban J connectivity index is 1.76. The van der Waals surface area contributed by atoms with Gasteiger partial charge in [-0.25, -0.2) is 0 Å². The highest BCUT2D eigenvalue weighted by atomic mass is 32.1. The van der Waals surface area contributed by atoms with Crippen LogP contribution < -0.4 is 15.0 Å². The van der Waals surface area contributed by atoms with Crippen LogP contribution in [-0.4, -0.2) is 21.3 Å². The van der Waals surface area contributed by atoms with E-state index in [0.717, 1.165) is 17.1 Å². The molecule has 4 rings (SSSR count). The third kappa shape index (κ3) is 3.85. The first-order valence-electron chi connectivity index (χ1n) is 9.99. The maximum atomic E-state index is 5.77. The van der Waals surface area contributed by atoms with E-state index in [2.05, 4.69) is 70.3 Å². The zero-order chi connectivity index (χ0) is 20.4. The normalized spacial score (nSPS) is 18.9. The second-order valence-corrected chi connectivity index (χ2v) is 7.80. The highest BCUT2D eigenvalue weighted by Crippen LogP contribution is 2.42. The molecule has 1 aromatic carbocycles. The van der Waals surface area contributed by atoms with Gasteiger partial charge in [-0.15, -0.1) is 0 Å². The molecule has 6 heteroatoms. The van der Waals surface area contributed by atoms with E-state index in [9.17, 15) is 0 Å². The van der Waals surface area contributed by atoms with Gasteiger partial charge in [-0.3, -0.25) is 4.98 Å². The summed E-state index contributed by atoms with van der Waals surface area (Å²) in [6, 6.07) is 16.7. The van der Waals surface area contributed by atoms with Gasteiger partial charge in [0.15, 0.2) is 5.11 Å². The van der Waals surface area contributed by atoms with Crippen molar-refractivity contribution in [2.45, 2.75) is 38.9 Å². The molecule has 3 heterocycles. The van der Waals surface area contributed by atoms with Crippen molar-refractivity contribution in [1.82, 2.24) is 14.9 Å². The molecular weight excluding hydrogens is 380 g/mol. The Morgan fingerprint density at radius 2 is 1.93 bits per heavy atom. The van der Waals surface area contributed by atoms with E-state index >= 15 is 0 Å². The summed E-state index contributed by atoms with van der Waals surface area (Å²) in [5, 5.41) is 4.20. The second-order valence-electron chi connectivity index (χ2n) is 7.41. The fraction of sp³-hybridized carbons (Fsp3) is 0.304. The molecule has 150 valence electrons. The standard InChI is InChI=1S/C23H26N4OS/c1-4-28-19-10-8-18(9-11-19)27-22(17-12-14-26(15-17)16(2)3)21(25-23(27)29)20-7-5-6-13-24-20/h5-16,21-22H,4H2,1-3H3,(H,25,29)/t21-,22-/m0/s1. The highest BCUT2D eigenvalue weighted by Gasteiger charge is 2.41. The van der Waals surface area contributed by atoms with Gasteiger partial charge in [0, 0.05) is 30.3 Å². The van der Waals surface area contributed by atoms with Crippen molar-refractivity contribution in [2.75, 3.05) is 11.5 Å². The zero-order valence-corrected chi connectivity index (χ0v) is 17.8. The summed E-state index contributed by atoms with van der Waals surface area (Å²) in [7, 11) is 0. The molecule has 1 aliphatic rings. The Morgan fingerprint density at radius 1 is 1.14 bits per heavy atom. The van der Waals surface area contributed by atoms with Crippen molar-refractivity contribution in [2.24, 2.45) is 0 Å². The largest absolute Gasteiger partial charge is 0.494 e. The SMILES string of the molecule is CCOc1ccc(N2C(=S)N[C@@H](c3ccccn3)[C@@H]2c2ccn(C(C)C)c2)cc1. The molecule has 0 bridgehead atoms. The van der Waals surface area contributed by atoms with E-state index in [4.69, 9.17) is 17.0 Å². The van der Waals surface area contributed by atoms with Crippen molar-refractivity contribution in [3.8, 4) is 5.75 Å². The third-order valence-corrected chi connectivity index (χ3v) is 5.51. The Labute approximate surface area is 177 Å². The molecule has 0 unspecified atom stereocenters. The van der Waals surface area contributed by atoms with Crippen molar-refractivity contribution < 1.29 is 4.74 Å². The van der Waals surface area contributed by atoms with Crippen molar-refractivity contribution in [3.05, 3.63) is 78.4 Å². The molecule has 2 atom stereocenters. The third-order valence-electron chi connectivity index (χ3n) is 5.20. The molecule has 29 heavy (non-hydrogen) atoms. The minimum Gasteiger partial charge on any atom is -0.494 e. The van der Waals surface area contributed by atoms with Crippen LogP contribution in [0.4, 0.5) is 5.69 Å². The Bertz CT molecular complexity index is 968. The van der Waals surface area contributed by atoms with Crippen LogP contribution in [0.5, 0.6) is 5.75 Å². The van der Waals surface area contributed by atoms with Gasteiger partial charge in [-0.2, -0.15) is 0 Å².